The van der Waals surface area contributed by atoms with Crippen molar-refractivity contribution in [3.05, 3.63) is 72.9 Å². The molecule has 6 nitrogen and oxygen atoms in total. The monoisotopic (exact) mass is 642 g/mol. The molecule has 3 atom stereocenters. The first-order chi connectivity index (χ1) is 22.4. The van der Waals surface area contributed by atoms with E-state index in [1.807, 2.05) is 30.4 Å². The number of rotatable bonds is 30. The SMILES string of the molecule is CC/C=C\CC(O)/C=C/C=C/C/C=C\C/C=C\C/C=C\CCC(=O)OC[C@H](O)COC(=O)CCCCCCCCCCC(C)CC. The summed E-state index contributed by atoms with van der Waals surface area (Å²) in [4.78, 5) is 23.8. The van der Waals surface area contributed by atoms with Gasteiger partial charge in [-0.2, -0.15) is 0 Å². The van der Waals surface area contributed by atoms with Crippen molar-refractivity contribution in [3.8, 4) is 0 Å². The minimum Gasteiger partial charge on any atom is -0.463 e. The number of carbonyl (C=O) groups excluding carboxylic acids is 2. The molecule has 0 aliphatic rings. The van der Waals surface area contributed by atoms with E-state index < -0.39 is 12.2 Å². The summed E-state index contributed by atoms with van der Waals surface area (Å²) >= 11 is 0. The lowest BCUT2D eigenvalue weighted by atomic mass is 9.99. The quantitative estimate of drug-likeness (QED) is 0.0351. The molecule has 0 saturated heterocycles. The van der Waals surface area contributed by atoms with E-state index in [9.17, 15) is 19.8 Å². The van der Waals surface area contributed by atoms with E-state index in [0.717, 1.165) is 50.9 Å². The van der Waals surface area contributed by atoms with E-state index >= 15 is 0 Å². The normalized spacial score (nSPS) is 14.5. The Kier molecular flexibility index (Phi) is 31.7. The van der Waals surface area contributed by atoms with E-state index in [1.54, 1.807) is 6.08 Å². The van der Waals surface area contributed by atoms with Crippen molar-refractivity contribution < 1.29 is 29.3 Å². The molecule has 46 heavy (non-hydrogen) atoms. The molecule has 0 amide bonds. The van der Waals surface area contributed by atoms with Gasteiger partial charge in [0.1, 0.15) is 19.3 Å². The van der Waals surface area contributed by atoms with Gasteiger partial charge in [0, 0.05) is 12.8 Å². The molecule has 6 heteroatoms. The Hall–Kier alpha value is -2.70. The number of unbranched alkanes of at least 4 members (excludes halogenated alkanes) is 7. The summed E-state index contributed by atoms with van der Waals surface area (Å²) in [5.74, 6) is 0.160. The number of hydrogen-bond acceptors (Lipinski definition) is 6. The van der Waals surface area contributed by atoms with Gasteiger partial charge < -0.3 is 19.7 Å². The smallest absolute Gasteiger partial charge is 0.306 e. The fourth-order valence-electron chi connectivity index (χ4n) is 4.46. The van der Waals surface area contributed by atoms with Gasteiger partial charge in [0.25, 0.3) is 0 Å². The zero-order valence-corrected chi connectivity index (χ0v) is 29.3. The topological polar surface area (TPSA) is 93.1 Å². The summed E-state index contributed by atoms with van der Waals surface area (Å²) < 4.78 is 10.2. The molecule has 0 rings (SSSR count). The molecular formula is C40H66O6. The number of esters is 2. The van der Waals surface area contributed by atoms with E-state index in [1.165, 1.54) is 44.9 Å². The zero-order chi connectivity index (χ0) is 33.9. The molecular weight excluding hydrogens is 576 g/mol. The maximum atomic E-state index is 11.9. The summed E-state index contributed by atoms with van der Waals surface area (Å²) in [7, 11) is 0. The highest BCUT2D eigenvalue weighted by molar-refractivity contribution is 5.70. The Morgan fingerprint density at radius 2 is 1.17 bits per heavy atom. The Morgan fingerprint density at radius 1 is 0.630 bits per heavy atom. The number of aliphatic hydroxyl groups excluding tert-OH is 2. The van der Waals surface area contributed by atoms with Gasteiger partial charge in [-0.25, -0.2) is 0 Å². The van der Waals surface area contributed by atoms with Crippen LogP contribution in [-0.4, -0.2) is 47.6 Å². The second-order valence-electron chi connectivity index (χ2n) is 12.1. The van der Waals surface area contributed by atoms with Crippen LogP contribution in [0.5, 0.6) is 0 Å². The average Bonchev–Trinajstić information content (AvgIpc) is 3.05. The van der Waals surface area contributed by atoms with Gasteiger partial charge in [0.05, 0.1) is 6.10 Å². The first kappa shape index (κ1) is 43.3. The van der Waals surface area contributed by atoms with Crippen LogP contribution >= 0.6 is 0 Å². The van der Waals surface area contributed by atoms with Crippen LogP contribution in [0, 0.1) is 5.92 Å². The molecule has 0 aliphatic heterocycles. The molecule has 262 valence electrons. The van der Waals surface area contributed by atoms with Crippen molar-refractivity contribution in [1.82, 2.24) is 0 Å². The maximum Gasteiger partial charge on any atom is 0.306 e. The molecule has 2 N–H and O–H groups in total. The Bertz CT molecular complexity index is 897. The number of allylic oxidation sites excluding steroid dienone is 10. The van der Waals surface area contributed by atoms with E-state index in [0.29, 0.717) is 19.3 Å². The molecule has 0 heterocycles. The number of ether oxygens (including phenoxy) is 2. The second-order valence-corrected chi connectivity index (χ2v) is 12.1. The molecule has 0 aromatic heterocycles. The molecule has 2 unspecified atom stereocenters. The fraction of sp³-hybridized carbons (Fsp3) is 0.650. The summed E-state index contributed by atoms with van der Waals surface area (Å²) in [6, 6.07) is 0. The largest absolute Gasteiger partial charge is 0.463 e. The highest BCUT2D eigenvalue weighted by Crippen LogP contribution is 2.15. The predicted octanol–water partition coefficient (Wildman–Crippen LogP) is 9.83. The third kappa shape index (κ3) is 32.7. The van der Waals surface area contributed by atoms with Crippen molar-refractivity contribution in [2.75, 3.05) is 13.2 Å². The summed E-state index contributed by atoms with van der Waals surface area (Å²) in [6.07, 6.45) is 40.0. The van der Waals surface area contributed by atoms with Crippen molar-refractivity contribution in [3.63, 3.8) is 0 Å². The van der Waals surface area contributed by atoms with Gasteiger partial charge in [0.2, 0.25) is 0 Å². The standard InChI is InChI=1S/C40H66O6/c1-4-6-24-30-37(41)31-26-21-17-12-10-8-7-9-11-13-18-22-27-32-39(43)45-34-38(42)35-46-40(44)33-28-23-19-15-14-16-20-25-29-36(3)5-2/h6,8-11,17-18,21-22,24,26,31,36-38,41-42H,4-5,7,12-16,19-20,23,25,27-30,32-35H2,1-3H3/b10-8-,11-9-,21-17+,22-18-,24-6-,31-26+/t36?,37?,38-/m0/s1. The summed E-state index contributed by atoms with van der Waals surface area (Å²) in [5.41, 5.74) is 0. The minimum absolute atomic E-state index is 0.152. The molecule has 0 aliphatic carbocycles. The van der Waals surface area contributed by atoms with E-state index in [4.69, 9.17) is 9.47 Å². The molecule has 0 spiro atoms. The fourth-order valence-corrected chi connectivity index (χ4v) is 4.46. The first-order valence-electron chi connectivity index (χ1n) is 18.0. The Labute approximate surface area is 281 Å². The maximum absolute atomic E-state index is 11.9. The van der Waals surface area contributed by atoms with Crippen molar-refractivity contribution in [1.29, 1.82) is 0 Å². The van der Waals surface area contributed by atoms with Gasteiger partial charge in [-0.1, -0.05) is 151 Å². The number of aliphatic hydroxyl groups is 2. The van der Waals surface area contributed by atoms with Crippen molar-refractivity contribution in [2.24, 2.45) is 5.92 Å². The van der Waals surface area contributed by atoms with Crippen LogP contribution in [0.25, 0.3) is 0 Å². The van der Waals surface area contributed by atoms with Crippen molar-refractivity contribution in [2.45, 2.75) is 149 Å². The number of hydrogen-bond donors (Lipinski definition) is 2. The van der Waals surface area contributed by atoms with Crippen molar-refractivity contribution >= 4 is 11.9 Å². The average molecular weight is 643 g/mol. The van der Waals surface area contributed by atoms with Crippen LogP contribution in [0.1, 0.15) is 136 Å². The van der Waals surface area contributed by atoms with Gasteiger partial charge in [0.15, 0.2) is 0 Å². The van der Waals surface area contributed by atoms with Crippen LogP contribution in [0.15, 0.2) is 72.9 Å². The highest BCUT2D eigenvalue weighted by atomic mass is 16.6. The predicted molar refractivity (Wildman–Crippen MR) is 192 cm³/mol. The van der Waals surface area contributed by atoms with Crippen LogP contribution in [0.3, 0.4) is 0 Å². The Balaban J connectivity index is 3.68. The van der Waals surface area contributed by atoms with E-state index in [-0.39, 0.29) is 31.6 Å². The molecule has 0 aromatic rings. The first-order valence-corrected chi connectivity index (χ1v) is 18.0. The van der Waals surface area contributed by atoms with Crippen LogP contribution in [-0.2, 0) is 19.1 Å². The van der Waals surface area contributed by atoms with Crippen LogP contribution in [0.2, 0.25) is 0 Å². The molecule has 0 fully saturated rings. The second kappa shape index (κ2) is 33.7. The highest BCUT2D eigenvalue weighted by Gasteiger charge is 2.11. The molecule has 0 radical (unpaired) electrons. The summed E-state index contributed by atoms with van der Waals surface area (Å²) in [5, 5.41) is 19.7. The lowest BCUT2D eigenvalue weighted by Crippen LogP contribution is -2.25. The third-order valence-electron chi connectivity index (χ3n) is 7.59. The van der Waals surface area contributed by atoms with Gasteiger partial charge >= 0.3 is 11.9 Å². The van der Waals surface area contributed by atoms with Crippen LogP contribution < -0.4 is 0 Å². The van der Waals surface area contributed by atoms with E-state index in [2.05, 4.69) is 57.2 Å². The molecule has 0 saturated carbocycles. The lowest BCUT2D eigenvalue weighted by molar-refractivity contribution is -0.152. The number of carbonyl (C=O) groups is 2. The van der Waals surface area contributed by atoms with Crippen LogP contribution in [0.4, 0.5) is 0 Å². The Morgan fingerprint density at radius 3 is 1.78 bits per heavy atom. The lowest BCUT2D eigenvalue weighted by Gasteiger charge is -2.12. The zero-order valence-electron chi connectivity index (χ0n) is 29.3. The van der Waals surface area contributed by atoms with Gasteiger partial charge in [-0.3, -0.25) is 9.59 Å². The minimum atomic E-state index is -1.01. The molecule has 0 bridgehead atoms. The van der Waals surface area contributed by atoms with Gasteiger partial charge in [-0.05, 0) is 50.9 Å². The molecule has 0 aromatic carbocycles. The third-order valence-corrected chi connectivity index (χ3v) is 7.59. The summed E-state index contributed by atoms with van der Waals surface area (Å²) in [6.45, 7) is 6.34. The van der Waals surface area contributed by atoms with Gasteiger partial charge in [-0.15, -0.1) is 0 Å².